The standard InChI is InChI=1S/C11H19N3OS/c1-8-5-11(14(2)13-8)16-7-10(6-15)12-9-3-4-9/h5,9-10,12,15H,3-4,6-7H2,1-2H3. The van der Waals surface area contributed by atoms with Crippen LogP contribution < -0.4 is 5.32 Å². The summed E-state index contributed by atoms with van der Waals surface area (Å²) in [6.45, 7) is 2.20. The molecule has 5 heteroatoms. The van der Waals surface area contributed by atoms with Gasteiger partial charge >= 0.3 is 0 Å². The van der Waals surface area contributed by atoms with Crippen molar-refractivity contribution in [1.82, 2.24) is 15.1 Å². The molecule has 1 saturated carbocycles. The quantitative estimate of drug-likeness (QED) is 0.728. The van der Waals surface area contributed by atoms with E-state index in [-0.39, 0.29) is 12.6 Å². The molecule has 1 aromatic heterocycles. The average Bonchev–Trinajstić information content (AvgIpc) is 3.00. The first kappa shape index (κ1) is 12.0. The number of thioether (sulfide) groups is 1. The maximum Gasteiger partial charge on any atom is 0.0939 e. The summed E-state index contributed by atoms with van der Waals surface area (Å²) >= 11 is 1.75. The first-order valence-corrected chi connectivity index (χ1v) is 6.68. The molecular formula is C11H19N3OS. The summed E-state index contributed by atoms with van der Waals surface area (Å²) in [5.41, 5.74) is 1.04. The summed E-state index contributed by atoms with van der Waals surface area (Å²) in [6.07, 6.45) is 2.51. The fraction of sp³-hybridized carbons (Fsp3) is 0.727. The van der Waals surface area contributed by atoms with E-state index in [0.29, 0.717) is 6.04 Å². The number of hydrogen-bond acceptors (Lipinski definition) is 4. The zero-order valence-corrected chi connectivity index (χ0v) is 10.6. The molecule has 0 radical (unpaired) electrons. The van der Waals surface area contributed by atoms with Crippen molar-refractivity contribution in [2.75, 3.05) is 12.4 Å². The predicted molar refractivity (Wildman–Crippen MR) is 65.7 cm³/mol. The van der Waals surface area contributed by atoms with Crippen LogP contribution in [0.15, 0.2) is 11.1 Å². The molecule has 0 spiro atoms. The molecule has 1 aliphatic rings. The molecule has 0 amide bonds. The third-order valence-electron chi connectivity index (χ3n) is 2.66. The monoisotopic (exact) mass is 241 g/mol. The van der Waals surface area contributed by atoms with Crippen molar-refractivity contribution >= 4 is 11.8 Å². The third-order valence-corrected chi connectivity index (χ3v) is 3.91. The van der Waals surface area contributed by atoms with Crippen LogP contribution in [0.25, 0.3) is 0 Å². The predicted octanol–water partition coefficient (Wildman–Crippen LogP) is 0.934. The Morgan fingerprint density at radius 1 is 1.69 bits per heavy atom. The molecule has 1 fully saturated rings. The van der Waals surface area contributed by atoms with Crippen LogP contribution in [0.1, 0.15) is 18.5 Å². The van der Waals surface area contributed by atoms with Crippen LogP contribution in [-0.4, -0.2) is 39.3 Å². The van der Waals surface area contributed by atoms with Crippen molar-refractivity contribution in [3.8, 4) is 0 Å². The van der Waals surface area contributed by atoms with Crippen molar-refractivity contribution in [2.24, 2.45) is 7.05 Å². The fourth-order valence-corrected chi connectivity index (χ4v) is 2.70. The van der Waals surface area contributed by atoms with Gasteiger partial charge in [0.2, 0.25) is 0 Å². The van der Waals surface area contributed by atoms with Crippen LogP contribution in [0.4, 0.5) is 0 Å². The van der Waals surface area contributed by atoms with E-state index in [4.69, 9.17) is 0 Å². The second kappa shape index (κ2) is 5.21. The summed E-state index contributed by atoms with van der Waals surface area (Å²) in [5.74, 6) is 0.895. The van der Waals surface area contributed by atoms with Crippen molar-refractivity contribution in [3.63, 3.8) is 0 Å². The van der Waals surface area contributed by atoms with Crippen molar-refractivity contribution in [2.45, 2.75) is 36.9 Å². The van der Waals surface area contributed by atoms with Gasteiger partial charge in [-0.1, -0.05) is 0 Å². The summed E-state index contributed by atoms with van der Waals surface area (Å²) in [7, 11) is 1.96. The summed E-state index contributed by atoms with van der Waals surface area (Å²) in [6, 6.07) is 2.93. The molecule has 1 aliphatic carbocycles. The summed E-state index contributed by atoms with van der Waals surface area (Å²) in [5, 5.41) is 18.2. The average molecular weight is 241 g/mol. The Morgan fingerprint density at radius 3 is 2.94 bits per heavy atom. The second-order valence-corrected chi connectivity index (χ2v) is 5.42. The van der Waals surface area contributed by atoms with Crippen molar-refractivity contribution in [1.29, 1.82) is 0 Å². The fourth-order valence-electron chi connectivity index (χ4n) is 1.64. The smallest absolute Gasteiger partial charge is 0.0939 e. The number of aliphatic hydroxyl groups is 1. The molecule has 1 atom stereocenters. The van der Waals surface area contributed by atoms with Crippen LogP contribution in [0.3, 0.4) is 0 Å². The highest BCUT2D eigenvalue weighted by Crippen LogP contribution is 2.22. The number of aromatic nitrogens is 2. The molecule has 0 aromatic carbocycles. The summed E-state index contributed by atoms with van der Waals surface area (Å²) < 4.78 is 1.89. The Bertz CT molecular complexity index is 349. The minimum Gasteiger partial charge on any atom is -0.395 e. The minimum atomic E-state index is 0.202. The Morgan fingerprint density at radius 2 is 2.44 bits per heavy atom. The minimum absolute atomic E-state index is 0.202. The number of nitrogens with zero attached hydrogens (tertiary/aromatic N) is 2. The van der Waals surface area contributed by atoms with Gasteiger partial charge in [0.1, 0.15) is 0 Å². The molecule has 4 nitrogen and oxygen atoms in total. The van der Waals surface area contributed by atoms with Gasteiger partial charge in [-0.25, -0.2) is 0 Å². The van der Waals surface area contributed by atoms with Crippen LogP contribution in [0.5, 0.6) is 0 Å². The molecule has 0 bridgehead atoms. The van der Waals surface area contributed by atoms with Crippen LogP contribution in [0.2, 0.25) is 0 Å². The highest BCUT2D eigenvalue weighted by atomic mass is 32.2. The second-order valence-electron chi connectivity index (χ2n) is 4.38. The molecule has 16 heavy (non-hydrogen) atoms. The Labute approximate surface area is 100 Å². The summed E-state index contributed by atoms with van der Waals surface area (Å²) in [4.78, 5) is 0. The number of hydrogen-bond donors (Lipinski definition) is 2. The van der Waals surface area contributed by atoms with E-state index in [2.05, 4.69) is 16.5 Å². The zero-order chi connectivity index (χ0) is 11.5. The highest BCUT2D eigenvalue weighted by molar-refractivity contribution is 7.99. The number of aliphatic hydroxyl groups excluding tert-OH is 1. The normalized spacial score (nSPS) is 17.7. The topological polar surface area (TPSA) is 50.1 Å². The van der Waals surface area contributed by atoms with Crippen molar-refractivity contribution in [3.05, 3.63) is 11.8 Å². The maximum absolute atomic E-state index is 9.26. The first-order valence-electron chi connectivity index (χ1n) is 5.69. The third kappa shape index (κ3) is 3.23. The lowest BCUT2D eigenvalue weighted by molar-refractivity contribution is 0.253. The SMILES string of the molecule is Cc1cc(SCC(CO)NC2CC2)n(C)n1. The molecule has 1 heterocycles. The van der Waals surface area contributed by atoms with E-state index in [0.717, 1.165) is 16.5 Å². The van der Waals surface area contributed by atoms with E-state index in [9.17, 15) is 5.11 Å². The largest absolute Gasteiger partial charge is 0.395 e. The first-order chi connectivity index (χ1) is 7.69. The lowest BCUT2D eigenvalue weighted by atomic mass is 10.3. The lowest BCUT2D eigenvalue weighted by Crippen LogP contribution is -2.36. The van der Waals surface area contributed by atoms with Gasteiger partial charge in [-0.15, -0.1) is 11.8 Å². The van der Waals surface area contributed by atoms with Gasteiger partial charge in [0.15, 0.2) is 0 Å². The van der Waals surface area contributed by atoms with E-state index in [1.807, 2.05) is 18.7 Å². The van der Waals surface area contributed by atoms with Crippen LogP contribution in [-0.2, 0) is 7.05 Å². The Kier molecular flexibility index (Phi) is 3.89. The van der Waals surface area contributed by atoms with Gasteiger partial charge in [0, 0.05) is 24.9 Å². The number of nitrogens with one attached hydrogen (secondary N) is 1. The lowest BCUT2D eigenvalue weighted by Gasteiger charge is -2.15. The molecular weight excluding hydrogens is 222 g/mol. The molecule has 0 aliphatic heterocycles. The van der Waals surface area contributed by atoms with Gasteiger partial charge in [0.05, 0.1) is 17.3 Å². The van der Waals surface area contributed by atoms with Crippen LogP contribution >= 0.6 is 11.8 Å². The molecule has 0 saturated heterocycles. The van der Waals surface area contributed by atoms with Gasteiger partial charge in [0.25, 0.3) is 0 Å². The number of rotatable bonds is 6. The Balaban J connectivity index is 1.82. The van der Waals surface area contributed by atoms with Crippen LogP contribution in [0, 0.1) is 6.92 Å². The molecule has 2 rings (SSSR count). The molecule has 90 valence electrons. The van der Waals surface area contributed by atoms with Gasteiger partial charge in [-0.05, 0) is 25.8 Å². The van der Waals surface area contributed by atoms with E-state index >= 15 is 0 Å². The highest BCUT2D eigenvalue weighted by Gasteiger charge is 2.24. The Hall–Kier alpha value is -0.520. The van der Waals surface area contributed by atoms with Gasteiger partial charge < -0.3 is 10.4 Å². The van der Waals surface area contributed by atoms with E-state index in [1.165, 1.54) is 12.8 Å². The molecule has 1 unspecified atom stereocenters. The molecule has 2 N–H and O–H groups in total. The maximum atomic E-state index is 9.26. The molecule has 1 aromatic rings. The van der Waals surface area contributed by atoms with Gasteiger partial charge in [-0.2, -0.15) is 5.10 Å². The van der Waals surface area contributed by atoms with Gasteiger partial charge in [-0.3, -0.25) is 4.68 Å². The van der Waals surface area contributed by atoms with E-state index in [1.54, 1.807) is 11.8 Å². The zero-order valence-electron chi connectivity index (χ0n) is 9.81. The van der Waals surface area contributed by atoms with Crippen molar-refractivity contribution < 1.29 is 5.11 Å². The number of aryl methyl sites for hydroxylation is 2. The van der Waals surface area contributed by atoms with E-state index < -0.39 is 0 Å².